The molecule has 684 valence electrons. The SMILES string of the molecule is CC(C)(C)c1ccc(OP2OCC3(CO2)COP(Oc2ccc(C(C)(C)C)cc2C(C)(C)C)OC3)c(C(C)(C)C)c1.CC(C)(C)c1ccc(OP2OCC3(CO2)COP(Oc2ccc(C(C)(C)C)cc2C(C)(C)C)OC3)c(C(C)(C)C)c1.CC(C)(C)c1ccc(OP2OCC3(CO2)COP(Oc2ccc(C(C)(C)C)cc2C(C)(C)C)OC3)c(C(C)(C)C)c1. The van der Waals surface area contributed by atoms with Gasteiger partial charge in [0.25, 0.3) is 0 Å². The molecule has 0 radical (unpaired) electrons. The van der Waals surface area contributed by atoms with Gasteiger partial charge in [0.2, 0.25) is 0 Å². The van der Waals surface area contributed by atoms with E-state index in [0.717, 1.165) is 67.9 Å². The highest BCUT2D eigenvalue weighted by molar-refractivity contribution is 7.43. The Hall–Kier alpha value is -3.78. The van der Waals surface area contributed by atoms with Crippen molar-refractivity contribution in [3.05, 3.63) is 176 Å². The van der Waals surface area contributed by atoms with Crippen molar-refractivity contribution in [2.75, 3.05) is 79.3 Å². The zero-order chi connectivity index (χ0) is 91.3. The molecule has 6 fully saturated rings. The first-order chi connectivity index (χ1) is 56.3. The molecule has 0 aromatic heterocycles. The van der Waals surface area contributed by atoms with Gasteiger partial charge in [0.05, 0.1) is 95.5 Å². The fourth-order valence-corrected chi connectivity index (χ4v) is 21.6. The molecule has 6 aliphatic heterocycles. The Morgan fingerprint density at radius 3 is 0.366 bits per heavy atom. The van der Waals surface area contributed by atoms with E-state index in [4.69, 9.17) is 81.4 Å². The fraction of sp³-hybridized carbons (Fsp3) is 0.636. The summed E-state index contributed by atoms with van der Waals surface area (Å²) in [4.78, 5) is 0. The monoisotopic (exact) mass is 1810 g/mol. The molecule has 0 saturated carbocycles. The summed E-state index contributed by atoms with van der Waals surface area (Å²) in [7, 11) is -9.11. The molecule has 0 bridgehead atoms. The summed E-state index contributed by atoms with van der Waals surface area (Å²) in [5, 5.41) is 0. The lowest BCUT2D eigenvalue weighted by Gasteiger charge is -2.41. The molecular weight excluding hydrogens is 1660 g/mol. The van der Waals surface area contributed by atoms with Crippen molar-refractivity contribution in [2.45, 2.75) is 314 Å². The van der Waals surface area contributed by atoms with Gasteiger partial charge in [0.15, 0.2) is 0 Å². The first-order valence-electron chi connectivity index (χ1n) is 43.6. The fourth-order valence-electron chi connectivity index (χ4n) is 14.0. The molecule has 6 aromatic rings. The minimum atomic E-state index is -1.52. The maximum Gasteiger partial charge on any atom is 0.397 e. The van der Waals surface area contributed by atoms with Crippen LogP contribution < -0.4 is 27.1 Å². The van der Waals surface area contributed by atoms with Crippen LogP contribution in [-0.4, -0.2) is 79.3 Å². The van der Waals surface area contributed by atoms with Crippen molar-refractivity contribution in [2.24, 2.45) is 16.2 Å². The molecule has 6 aliphatic rings. The molecule has 0 amide bonds. The van der Waals surface area contributed by atoms with Gasteiger partial charge in [0.1, 0.15) is 34.5 Å². The lowest BCUT2D eigenvalue weighted by atomic mass is 9.80. The third-order valence-corrected chi connectivity index (χ3v) is 28.8. The molecule has 6 aromatic carbocycles. The molecule has 12 rings (SSSR count). The van der Waals surface area contributed by atoms with Crippen LogP contribution in [0, 0.1) is 16.2 Å². The van der Waals surface area contributed by atoms with Crippen LogP contribution in [-0.2, 0) is 119 Å². The molecule has 18 nitrogen and oxygen atoms in total. The lowest BCUT2D eigenvalue weighted by Crippen LogP contribution is -2.45. The number of hydrogen-bond donors (Lipinski definition) is 0. The third-order valence-electron chi connectivity index (χ3n) is 22.7. The molecule has 3 spiro atoms. The van der Waals surface area contributed by atoms with Gasteiger partial charge < -0.3 is 81.4 Å². The van der Waals surface area contributed by atoms with E-state index in [1.807, 2.05) is 0 Å². The van der Waals surface area contributed by atoms with Crippen molar-refractivity contribution in [3.8, 4) is 34.5 Å². The van der Waals surface area contributed by atoms with Gasteiger partial charge >= 0.3 is 51.6 Å². The van der Waals surface area contributed by atoms with Crippen LogP contribution in [0.1, 0.15) is 316 Å². The zero-order valence-electron chi connectivity index (χ0n) is 81.4. The number of rotatable bonds is 12. The predicted octanol–water partition coefficient (Wildman–Crippen LogP) is 29.6. The molecule has 0 atom stereocenters. The van der Waals surface area contributed by atoms with Crippen LogP contribution in [0.3, 0.4) is 0 Å². The van der Waals surface area contributed by atoms with E-state index in [-0.39, 0.29) is 81.2 Å². The molecule has 6 heterocycles. The Bertz CT molecular complexity index is 3760. The quantitative estimate of drug-likeness (QED) is 0.106. The molecule has 123 heavy (non-hydrogen) atoms. The Morgan fingerprint density at radius 1 is 0.171 bits per heavy atom. The van der Waals surface area contributed by atoms with Crippen LogP contribution in [0.2, 0.25) is 0 Å². The van der Waals surface area contributed by atoms with Crippen molar-refractivity contribution in [1.29, 1.82) is 0 Å². The average molecular weight is 1810 g/mol. The van der Waals surface area contributed by atoms with Gasteiger partial charge in [-0.15, -0.1) is 0 Å². The van der Waals surface area contributed by atoms with Crippen molar-refractivity contribution in [1.82, 2.24) is 0 Å². The Kier molecular flexibility index (Phi) is 31.5. The van der Waals surface area contributed by atoms with Gasteiger partial charge in [-0.05, 0) is 135 Å². The number of benzene rings is 6. The van der Waals surface area contributed by atoms with Crippen molar-refractivity contribution >= 4 is 51.6 Å². The van der Waals surface area contributed by atoms with Crippen LogP contribution in [0.4, 0.5) is 0 Å². The van der Waals surface area contributed by atoms with E-state index in [0.29, 0.717) is 79.3 Å². The van der Waals surface area contributed by atoms with Gasteiger partial charge in [-0.1, -0.05) is 322 Å². The van der Waals surface area contributed by atoms with Gasteiger partial charge in [-0.25, -0.2) is 0 Å². The highest BCUT2D eigenvalue weighted by atomic mass is 31.2. The summed E-state index contributed by atoms with van der Waals surface area (Å²) < 4.78 is 111. The topological polar surface area (TPSA) is 166 Å². The third kappa shape index (κ3) is 27.2. The highest BCUT2D eigenvalue weighted by Gasteiger charge is 2.50. The second-order valence-electron chi connectivity index (χ2n) is 46.9. The molecule has 24 heteroatoms. The summed E-state index contributed by atoms with van der Waals surface area (Å²) in [6.07, 6.45) is 0. The summed E-state index contributed by atoms with van der Waals surface area (Å²) in [5.74, 6) is 4.88. The summed E-state index contributed by atoms with van der Waals surface area (Å²) in [5.41, 5.74) is 13.3. The Labute approximate surface area is 748 Å². The van der Waals surface area contributed by atoms with Crippen LogP contribution in [0.5, 0.6) is 34.5 Å². The van der Waals surface area contributed by atoms with E-state index in [1.165, 1.54) is 33.4 Å². The Morgan fingerprint density at radius 2 is 0.276 bits per heavy atom. The van der Waals surface area contributed by atoms with E-state index in [2.05, 4.69) is 358 Å². The zero-order valence-corrected chi connectivity index (χ0v) is 86.8. The highest BCUT2D eigenvalue weighted by Crippen LogP contribution is 2.60. The molecular formula is C99H150O18P6. The maximum atomic E-state index is 6.31. The van der Waals surface area contributed by atoms with Crippen LogP contribution in [0.15, 0.2) is 109 Å². The predicted molar refractivity (Wildman–Crippen MR) is 507 cm³/mol. The largest absolute Gasteiger partial charge is 0.426 e. The number of hydrogen-bond acceptors (Lipinski definition) is 18. The van der Waals surface area contributed by atoms with Crippen molar-refractivity contribution in [3.63, 3.8) is 0 Å². The minimum Gasteiger partial charge on any atom is -0.426 e. The van der Waals surface area contributed by atoms with Crippen molar-refractivity contribution < 1.29 is 81.4 Å². The molecule has 0 N–H and O–H groups in total. The van der Waals surface area contributed by atoms with Crippen LogP contribution in [0.25, 0.3) is 0 Å². The van der Waals surface area contributed by atoms with Gasteiger partial charge in [-0.2, -0.15) is 0 Å². The lowest BCUT2D eigenvalue weighted by molar-refractivity contribution is -0.0678. The molecule has 0 aliphatic carbocycles. The van der Waals surface area contributed by atoms with E-state index < -0.39 is 51.6 Å². The molecule has 0 unspecified atom stereocenters. The first kappa shape index (κ1) is 101. The molecule has 6 saturated heterocycles. The smallest absolute Gasteiger partial charge is 0.397 e. The summed E-state index contributed by atoms with van der Waals surface area (Å²) >= 11 is 0. The van der Waals surface area contributed by atoms with Gasteiger partial charge in [-0.3, -0.25) is 0 Å². The summed E-state index contributed by atoms with van der Waals surface area (Å²) in [6.45, 7) is 85.0. The first-order valence-corrected chi connectivity index (χ1v) is 50.2. The second kappa shape index (κ2) is 38.2. The van der Waals surface area contributed by atoms with Gasteiger partial charge in [0, 0.05) is 33.4 Å². The van der Waals surface area contributed by atoms with Crippen LogP contribution >= 0.6 is 51.6 Å². The second-order valence-corrected chi connectivity index (χ2v) is 53.8. The van der Waals surface area contributed by atoms with E-state index in [1.54, 1.807) is 0 Å². The average Bonchev–Trinajstić information content (AvgIpc) is 0.794. The normalized spacial score (nSPS) is 24.4. The summed E-state index contributed by atoms with van der Waals surface area (Å²) in [6, 6.07) is 38.7. The standard InChI is InChI=1S/3C33H50O6P2/c3*1-29(2,3)23-13-15-27(25(17-23)31(7,8)9)38-40-34-19-33(20-35-40)21-36-41(37-22-33)39-28-16-14-24(30(4,5)6)18-26(28)32(10,11)12/h3*13-18H,19-22H2,1-12H3. The Balaban J connectivity index is 0.000000193. The van der Waals surface area contributed by atoms with E-state index in [9.17, 15) is 0 Å². The maximum absolute atomic E-state index is 6.31. The van der Waals surface area contributed by atoms with E-state index >= 15 is 0 Å². The minimum absolute atomic E-state index is 0.0579.